The van der Waals surface area contributed by atoms with Gasteiger partial charge in [0.2, 0.25) is 0 Å². The molecule has 4 rings (SSSR count). The van der Waals surface area contributed by atoms with Gasteiger partial charge in [0.15, 0.2) is 6.29 Å². The molecule has 1 aromatic heterocycles. The number of hydrogen-bond acceptors (Lipinski definition) is 6. The molecule has 0 aliphatic carbocycles. The standard InChI is InChI=1S/C23H17FN2O3S2/c24-17-10-4-14(5-11-17)13-26-21(27)20(31-23(26)30)12-18-2-1-3-19(25-18)15-6-8-16(9-7-15)22(28)29/h1-12,22,28-29H,13H2/b20-12-. The summed E-state index contributed by atoms with van der Waals surface area (Å²) in [6.45, 7) is 0.277. The lowest BCUT2D eigenvalue weighted by atomic mass is 10.1. The molecule has 0 unspecified atom stereocenters. The van der Waals surface area contributed by atoms with Crippen LogP contribution in [0.1, 0.15) is 23.1 Å². The number of thiocarbonyl (C=S) groups is 1. The van der Waals surface area contributed by atoms with Crippen LogP contribution in [0.4, 0.5) is 4.39 Å². The van der Waals surface area contributed by atoms with Gasteiger partial charge in [0.25, 0.3) is 5.91 Å². The summed E-state index contributed by atoms with van der Waals surface area (Å²) in [4.78, 5) is 19.4. The van der Waals surface area contributed by atoms with E-state index in [-0.39, 0.29) is 18.3 Å². The van der Waals surface area contributed by atoms with Gasteiger partial charge in [0.1, 0.15) is 10.1 Å². The zero-order chi connectivity index (χ0) is 22.0. The second kappa shape index (κ2) is 9.07. The zero-order valence-electron chi connectivity index (χ0n) is 16.1. The number of nitrogens with zero attached hydrogens (tertiary/aromatic N) is 2. The van der Waals surface area contributed by atoms with Gasteiger partial charge in [-0.3, -0.25) is 9.69 Å². The molecule has 2 aromatic carbocycles. The molecule has 1 aliphatic rings. The topological polar surface area (TPSA) is 73.7 Å². The third kappa shape index (κ3) is 4.88. The number of carbonyl (C=O) groups excluding carboxylic acids is 1. The molecule has 0 radical (unpaired) electrons. The van der Waals surface area contributed by atoms with Crippen LogP contribution in [0.5, 0.6) is 0 Å². The first kappa shape index (κ1) is 21.3. The van der Waals surface area contributed by atoms with E-state index >= 15 is 0 Å². The Morgan fingerprint density at radius 2 is 1.77 bits per heavy atom. The van der Waals surface area contributed by atoms with Crippen molar-refractivity contribution >= 4 is 40.3 Å². The van der Waals surface area contributed by atoms with Crippen LogP contribution < -0.4 is 0 Å². The normalized spacial score (nSPS) is 15.4. The van der Waals surface area contributed by atoms with E-state index in [1.165, 1.54) is 28.8 Å². The highest BCUT2D eigenvalue weighted by molar-refractivity contribution is 8.26. The molecule has 1 saturated heterocycles. The predicted octanol–water partition coefficient (Wildman–Crippen LogP) is 4.27. The average Bonchev–Trinajstić information content (AvgIpc) is 3.03. The smallest absolute Gasteiger partial charge is 0.266 e. The summed E-state index contributed by atoms with van der Waals surface area (Å²) in [5.41, 5.74) is 3.28. The van der Waals surface area contributed by atoms with E-state index in [4.69, 9.17) is 12.2 Å². The lowest BCUT2D eigenvalue weighted by Gasteiger charge is -2.14. The number of benzene rings is 2. The van der Waals surface area contributed by atoms with E-state index in [0.717, 1.165) is 11.1 Å². The second-order valence-corrected chi connectivity index (χ2v) is 8.51. The molecule has 0 saturated carbocycles. The van der Waals surface area contributed by atoms with E-state index in [1.807, 2.05) is 12.1 Å². The van der Waals surface area contributed by atoms with Crippen molar-refractivity contribution in [3.8, 4) is 11.3 Å². The minimum Gasteiger partial charge on any atom is -0.364 e. The molecule has 2 N–H and O–H groups in total. The summed E-state index contributed by atoms with van der Waals surface area (Å²) >= 11 is 6.57. The number of halogens is 1. The van der Waals surface area contributed by atoms with Crippen molar-refractivity contribution in [2.45, 2.75) is 12.8 Å². The van der Waals surface area contributed by atoms with Gasteiger partial charge in [-0.15, -0.1) is 0 Å². The number of carbonyl (C=O) groups is 1. The Hall–Kier alpha value is -2.91. The van der Waals surface area contributed by atoms with Gasteiger partial charge in [0.05, 0.1) is 22.8 Å². The molecule has 0 atom stereocenters. The Bertz CT molecular complexity index is 1160. The summed E-state index contributed by atoms with van der Waals surface area (Å²) in [6.07, 6.45) is 0.171. The monoisotopic (exact) mass is 452 g/mol. The minimum atomic E-state index is -1.52. The second-order valence-electron chi connectivity index (χ2n) is 6.84. The fourth-order valence-electron chi connectivity index (χ4n) is 3.06. The quantitative estimate of drug-likeness (QED) is 0.342. The van der Waals surface area contributed by atoms with Crippen molar-refractivity contribution < 1.29 is 19.4 Å². The number of aliphatic hydroxyl groups excluding tert-OH is 1. The third-order valence-electron chi connectivity index (χ3n) is 4.68. The van der Waals surface area contributed by atoms with E-state index in [9.17, 15) is 19.4 Å². The van der Waals surface area contributed by atoms with Crippen LogP contribution in [0.3, 0.4) is 0 Å². The Morgan fingerprint density at radius 3 is 2.45 bits per heavy atom. The summed E-state index contributed by atoms with van der Waals surface area (Å²) in [5, 5.41) is 18.5. The Labute approximate surface area is 187 Å². The number of thioether (sulfide) groups is 1. The van der Waals surface area contributed by atoms with Crippen molar-refractivity contribution in [2.24, 2.45) is 0 Å². The van der Waals surface area contributed by atoms with Crippen molar-refractivity contribution in [3.63, 3.8) is 0 Å². The average molecular weight is 453 g/mol. The Morgan fingerprint density at radius 1 is 1.06 bits per heavy atom. The van der Waals surface area contributed by atoms with Gasteiger partial charge in [-0.05, 0) is 35.9 Å². The maximum atomic E-state index is 13.1. The molecule has 2 heterocycles. The van der Waals surface area contributed by atoms with Crippen LogP contribution in [0, 0.1) is 5.82 Å². The highest BCUT2D eigenvalue weighted by Crippen LogP contribution is 2.33. The highest BCUT2D eigenvalue weighted by atomic mass is 32.2. The molecule has 31 heavy (non-hydrogen) atoms. The lowest BCUT2D eigenvalue weighted by Crippen LogP contribution is -2.27. The van der Waals surface area contributed by atoms with Gasteiger partial charge in [-0.25, -0.2) is 9.37 Å². The summed E-state index contributed by atoms with van der Waals surface area (Å²) < 4.78 is 13.6. The minimum absolute atomic E-state index is 0.215. The molecule has 3 aromatic rings. The van der Waals surface area contributed by atoms with Crippen molar-refractivity contribution in [3.05, 3.63) is 94.3 Å². The maximum absolute atomic E-state index is 13.1. The van der Waals surface area contributed by atoms with Crippen LogP contribution in [-0.2, 0) is 11.3 Å². The van der Waals surface area contributed by atoms with Crippen LogP contribution >= 0.6 is 24.0 Å². The number of aromatic nitrogens is 1. The Kier molecular flexibility index (Phi) is 6.24. The van der Waals surface area contributed by atoms with Gasteiger partial charge in [0, 0.05) is 11.1 Å². The largest absolute Gasteiger partial charge is 0.364 e. The van der Waals surface area contributed by atoms with E-state index in [1.54, 1.807) is 48.5 Å². The first-order chi connectivity index (χ1) is 14.9. The molecule has 1 aliphatic heterocycles. The number of aliphatic hydroxyl groups is 2. The van der Waals surface area contributed by atoms with Crippen molar-refractivity contribution in [1.82, 2.24) is 9.88 Å². The molecule has 8 heteroatoms. The molecule has 1 amide bonds. The molecular formula is C23H17FN2O3S2. The Balaban J connectivity index is 1.54. The van der Waals surface area contributed by atoms with E-state index in [2.05, 4.69) is 4.98 Å². The van der Waals surface area contributed by atoms with Gasteiger partial charge in [-0.1, -0.05) is 66.4 Å². The predicted molar refractivity (Wildman–Crippen MR) is 122 cm³/mol. The first-order valence-corrected chi connectivity index (χ1v) is 10.6. The third-order valence-corrected chi connectivity index (χ3v) is 6.06. The van der Waals surface area contributed by atoms with Crippen molar-refractivity contribution in [1.29, 1.82) is 0 Å². The van der Waals surface area contributed by atoms with Crippen LogP contribution in [0.25, 0.3) is 17.3 Å². The van der Waals surface area contributed by atoms with Gasteiger partial charge in [-0.2, -0.15) is 0 Å². The maximum Gasteiger partial charge on any atom is 0.266 e. The summed E-state index contributed by atoms with van der Waals surface area (Å²) in [6, 6.07) is 18.2. The molecular weight excluding hydrogens is 435 g/mol. The lowest BCUT2D eigenvalue weighted by molar-refractivity contribution is -0.122. The molecule has 1 fully saturated rings. The first-order valence-electron chi connectivity index (χ1n) is 9.34. The summed E-state index contributed by atoms with van der Waals surface area (Å²) in [5.74, 6) is -0.546. The fraction of sp³-hybridized carbons (Fsp3) is 0.0870. The molecule has 0 spiro atoms. The van der Waals surface area contributed by atoms with Crippen molar-refractivity contribution in [2.75, 3.05) is 0 Å². The summed E-state index contributed by atoms with van der Waals surface area (Å²) in [7, 11) is 0. The number of rotatable bonds is 5. The number of hydrogen-bond donors (Lipinski definition) is 2. The fourth-order valence-corrected chi connectivity index (χ4v) is 4.30. The van der Waals surface area contributed by atoms with Crippen LogP contribution in [0.2, 0.25) is 0 Å². The van der Waals surface area contributed by atoms with E-state index < -0.39 is 6.29 Å². The SMILES string of the molecule is O=C1/C(=C/c2cccc(-c3ccc(C(O)O)cc3)n2)SC(=S)N1Cc1ccc(F)cc1. The van der Waals surface area contributed by atoms with Gasteiger partial charge >= 0.3 is 0 Å². The van der Waals surface area contributed by atoms with Crippen LogP contribution in [-0.4, -0.2) is 30.3 Å². The zero-order valence-corrected chi connectivity index (χ0v) is 17.7. The number of amides is 1. The molecule has 156 valence electrons. The molecule has 5 nitrogen and oxygen atoms in total. The number of pyridine rings is 1. The highest BCUT2D eigenvalue weighted by Gasteiger charge is 2.32. The molecule has 0 bridgehead atoms. The van der Waals surface area contributed by atoms with Crippen LogP contribution in [0.15, 0.2) is 71.6 Å². The van der Waals surface area contributed by atoms with Gasteiger partial charge < -0.3 is 10.2 Å². The van der Waals surface area contributed by atoms with E-state index in [0.29, 0.717) is 26.2 Å².